The Balaban J connectivity index is 1.62. The Labute approximate surface area is 190 Å². The first-order valence-corrected chi connectivity index (χ1v) is 13.4. The molecule has 2 unspecified atom stereocenters. The number of carbonyl (C=O) groups excluding carboxylic acids is 1. The van der Waals surface area contributed by atoms with Crippen LogP contribution in [0.2, 0.25) is 0 Å². The number of nitrogens with one attached hydrogen (secondary N) is 1. The van der Waals surface area contributed by atoms with Crippen molar-refractivity contribution in [3.63, 3.8) is 0 Å². The molecule has 0 aliphatic carbocycles. The van der Waals surface area contributed by atoms with Crippen molar-refractivity contribution in [1.82, 2.24) is 14.5 Å². The molecular formula is C23H33N3O3S2. The second-order valence-corrected chi connectivity index (χ2v) is 11.1. The van der Waals surface area contributed by atoms with Crippen molar-refractivity contribution in [2.75, 3.05) is 32.7 Å². The highest BCUT2D eigenvalue weighted by molar-refractivity contribution is 7.91. The topological polar surface area (TPSA) is 69.7 Å². The van der Waals surface area contributed by atoms with Gasteiger partial charge in [0.25, 0.3) is 10.0 Å². The smallest absolute Gasteiger partial charge is 0.252 e. The molecule has 1 aromatic carbocycles. The van der Waals surface area contributed by atoms with Gasteiger partial charge in [0.15, 0.2) is 0 Å². The minimum atomic E-state index is -3.51. The second-order valence-electron chi connectivity index (χ2n) is 7.94. The Hall–Kier alpha value is -1.74. The molecule has 170 valence electrons. The third-order valence-electron chi connectivity index (χ3n) is 6.00. The van der Waals surface area contributed by atoms with Gasteiger partial charge in [0.2, 0.25) is 5.91 Å². The van der Waals surface area contributed by atoms with Crippen LogP contribution in [0, 0.1) is 5.92 Å². The van der Waals surface area contributed by atoms with E-state index < -0.39 is 10.0 Å². The zero-order valence-electron chi connectivity index (χ0n) is 18.4. The van der Waals surface area contributed by atoms with E-state index in [4.69, 9.17) is 0 Å². The monoisotopic (exact) mass is 463 g/mol. The van der Waals surface area contributed by atoms with Crippen LogP contribution in [0.5, 0.6) is 0 Å². The van der Waals surface area contributed by atoms with Gasteiger partial charge in [-0.05, 0) is 49.4 Å². The van der Waals surface area contributed by atoms with Gasteiger partial charge in [-0.3, -0.25) is 9.69 Å². The zero-order chi connectivity index (χ0) is 22.3. The normalized spacial score (nSPS) is 18.7. The van der Waals surface area contributed by atoms with Crippen molar-refractivity contribution in [2.45, 2.75) is 43.4 Å². The summed E-state index contributed by atoms with van der Waals surface area (Å²) in [4.78, 5) is 15.3. The molecule has 1 aliphatic heterocycles. The van der Waals surface area contributed by atoms with E-state index in [1.54, 1.807) is 17.5 Å². The number of sulfonamides is 1. The van der Waals surface area contributed by atoms with Gasteiger partial charge in [0.05, 0.1) is 5.92 Å². The third-order valence-corrected chi connectivity index (χ3v) is 9.24. The largest absolute Gasteiger partial charge is 0.354 e. The van der Waals surface area contributed by atoms with Crippen LogP contribution in [0.1, 0.15) is 32.3 Å². The highest BCUT2D eigenvalue weighted by atomic mass is 32.2. The number of thiophene rings is 1. The first-order valence-electron chi connectivity index (χ1n) is 11.0. The van der Waals surface area contributed by atoms with Crippen LogP contribution in [-0.2, 0) is 21.2 Å². The summed E-state index contributed by atoms with van der Waals surface area (Å²) in [7, 11) is -3.51. The van der Waals surface area contributed by atoms with Crippen molar-refractivity contribution in [1.29, 1.82) is 0 Å². The summed E-state index contributed by atoms with van der Waals surface area (Å²) < 4.78 is 27.5. The molecule has 0 spiro atoms. The molecule has 0 saturated carbocycles. The van der Waals surface area contributed by atoms with Gasteiger partial charge in [-0.2, -0.15) is 4.31 Å². The molecule has 2 aromatic rings. The van der Waals surface area contributed by atoms with Crippen molar-refractivity contribution in [3.05, 3.63) is 53.4 Å². The molecule has 1 saturated heterocycles. The summed E-state index contributed by atoms with van der Waals surface area (Å²) in [6.07, 6.45) is 2.29. The molecule has 1 aliphatic rings. The van der Waals surface area contributed by atoms with E-state index in [2.05, 4.69) is 36.2 Å². The summed E-state index contributed by atoms with van der Waals surface area (Å²) in [5.74, 6) is -0.353. The lowest BCUT2D eigenvalue weighted by atomic mass is 9.98. The molecular weight excluding hydrogens is 430 g/mol. The van der Waals surface area contributed by atoms with Crippen LogP contribution >= 0.6 is 11.3 Å². The Kier molecular flexibility index (Phi) is 8.66. The summed E-state index contributed by atoms with van der Waals surface area (Å²) in [5.41, 5.74) is 1.25. The number of benzene rings is 1. The van der Waals surface area contributed by atoms with Crippen LogP contribution in [0.4, 0.5) is 0 Å². The Morgan fingerprint density at radius 2 is 1.94 bits per heavy atom. The summed E-state index contributed by atoms with van der Waals surface area (Å²) in [5, 5.41) is 4.89. The first kappa shape index (κ1) is 23.9. The number of amides is 1. The molecule has 0 bridgehead atoms. The second kappa shape index (κ2) is 11.2. The molecule has 1 aromatic heterocycles. The number of hydrogen-bond acceptors (Lipinski definition) is 5. The zero-order valence-corrected chi connectivity index (χ0v) is 20.0. The van der Waals surface area contributed by atoms with Crippen molar-refractivity contribution >= 4 is 27.3 Å². The molecule has 1 N–H and O–H groups in total. The molecule has 0 radical (unpaired) electrons. The van der Waals surface area contributed by atoms with Crippen molar-refractivity contribution < 1.29 is 13.2 Å². The standard InChI is InChI=1S/C23H33N3O3S2/c1-3-25(4-2)21(16-19-10-6-5-7-11-19)17-24-23(27)20-12-8-14-26(18-20)31(28,29)22-13-9-15-30-22/h5-7,9-11,13,15,20-21H,3-4,8,12,14,16-18H2,1-2H3,(H,24,27). The molecule has 1 fully saturated rings. The average Bonchev–Trinajstić information content (AvgIpc) is 3.34. The minimum absolute atomic E-state index is 0.0451. The number of carbonyl (C=O) groups is 1. The van der Waals surface area contributed by atoms with E-state index in [0.717, 1.165) is 25.9 Å². The Bertz CT molecular complexity index is 913. The van der Waals surface area contributed by atoms with Crippen LogP contribution in [0.25, 0.3) is 0 Å². The molecule has 31 heavy (non-hydrogen) atoms. The first-order chi connectivity index (χ1) is 15.0. The summed E-state index contributed by atoms with van der Waals surface area (Å²) >= 11 is 1.22. The minimum Gasteiger partial charge on any atom is -0.354 e. The lowest BCUT2D eigenvalue weighted by molar-refractivity contribution is -0.126. The highest BCUT2D eigenvalue weighted by Gasteiger charge is 2.34. The average molecular weight is 464 g/mol. The molecule has 6 nitrogen and oxygen atoms in total. The quantitative estimate of drug-likeness (QED) is 0.587. The van der Waals surface area contributed by atoms with Gasteiger partial charge in [-0.25, -0.2) is 8.42 Å². The third kappa shape index (κ3) is 6.16. The van der Waals surface area contributed by atoms with Crippen LogP contribution < -0.4 is 5.32 Å². The number of hydrogen-bond donors (Lipinski definition) is 1. The van der Waals surface area contributed by atoms with E-state index in [1.165, 1.54) is 21.2 Å². The maximum Gasteiger partial charge on any atom is 0.252 e. The van der Waals surface area contributed by atoms with E-state index in [1.807, 2.05) is 18.2 Å². The van der Waals surface area contributed by atoms with E-state index in [9.17, 15) is 13.2 Å². The lowest BCUT2D eigenvalue weighted by Gasteiger charge is -2.33. The molecule has 2 atom stereocenters. The van der Waals surface area contributed by atoms with Crippen LogP contribution in [-0.4, -0.2) is 62.3 Å². The van der Waals surface area contributed by atoms with Gasteiger partial charge in [-0.15, -0.1) is 11.3 Å². The van der Waals surface area contributed by atoms with Gasteiger partial charge in [-0.1, -0.05) is 50.2 Å². The van der Waals surface area contributed by atoms with Crippen molar-refractivity contribution in [2.24, 2.45) is 5.92 Å². The molecule has 8 heteroatoms. The van der Waals surface area contributed by atoms with Crippen LogP contribution in [0.3, 0.4) is 0 Å². The van der Waals surface area contributed by atoms with E-state index >= 15 is 0 Å². The molecule has 2 heterocycles. The Morgan fingerprint density at radius 1 is 1.19 bits per heavy atom. The number of piperidine rings is 1. The van der Waals surface area contributed by atoms with Gasteiger partial charge < -0.3 is 5.32 Å². The molecule has 3 rings (SSSR count). The molecule has 1 amide bonds. The van der Waals surface area contributed by atoms with E-state index in [-0.39, 0.29) is 24.4 Å². The van der Waals surface area contributed by atoms with E-state index in [0.29, 0.717) is 23.7 Å². The predicted octanol–water partition coefficient (Wildman–Crippen LogP) is 3.22. The van der Waals surface area contributed by atoms with Gasteiger partial charge in [0, 0.05) is 25.7 Å². The maximum absolute atomic E-state index is 13.0. The fourth-order valence-corrected chi connectivity index (χ4v) is 6.90. The Morgan fingerprint density at radius 3 is 2.58 bits per heavy atom. The fourth-order valence-electron chi connectivity index (χ4n) is 4.23. The lowest BCUT2D eigenvalue weighted by Crippen LogP contribution is -2.49. The number of likely N-dealkylation sites (N-methyl/N-ethyl adjacent to an activating group) is 1. The van der Waals surface area contributed by atoms with Crippen molar-refractivity contribution in [3.8, 4) is 0 Å². The van der Waals surface area contributed by atoms with Gasteiger partial charge in [0.1, 0.15) is 4.21 Å². The maximum atomic E-state index is 13.0. The fraction of sp³-hybridized carbons (Fsp3) is 0.522. The SMILES string of the molecule is CCN(CC)C(CNC(=O)C1CCCN(S(=O)(=O)c2cccs2)C1)Cc1ccccc1. The highest BCUT2D eigenvalue weighted by Crippen LogP contribution is 2.26. The number of rotatable bonds is 10. The van der Waals surface area contributed by atoms with Crippen LogP contribution in [0.15, 0.2) is 52.1 Å². The summed E-state index contributed by atoms with van der Waals surface area (Å²) in [6.45, 7) is 7.39. The summed E-state index contributed by atoms with van der Waals surface area (Å²) in [6, 6.07) is 13.9. The van der Waals surface area contributed by atoms with Gasteiger partial charge >= 0.3 is 0 Å². The number of nitrogens with zero attached hydrogens (tertiary/aromatic N) is 2. The predicted molar refractivity (Wildman–Crippen MR) is 126 cm³/mol.